The summed E-state index contributed by atoms with van der Waals surface area (Å²) in [4.78, 5) is 12.8. The molecule has 0 heterocycles. The minimum absolute atomic E-state index is 0.0826. The predicted octanol–water partition coefficient (Wildman–Crippen LogP) is 5.95. The molecule has 3 aromatic carbocycles. The zero-order valence-electron chi connectivity index (χ0n) is 14.5. The number of hydrogen-bond donors (Lipinski definition) is 1. The highest BCUT2D eigenvalue weighted by molar-refractivity contribution is 6.08. The fourth-order valence-electron chi connectivity index (χ4n) is 2.88. The maximum Gasteiger partial charge on any atom is 0.256 e. The van der Waals surface area contributed by atoms with E-state index >= 15 is 0 Å². The SMILES string of the molecule is CCCCc1ccc(NC(=O)c2ccccc2-c2ccccc2)cc1. The van der Waals surface area contributed by atoms with Crippen molar-refractivity contribution < 1.29 is 4.79 Å². The standard InChI is InChI=1S/C23H23NO/c1-2-3-9-18-14-16-20(17-15-18)24-23(25)22-13-8-7-12-21(22)19-10-5-4-6-11-19/h4-8,10-17H,2-3,9H2,1H3,(H,24,25). The number of rotatable bonds is 6. The van der Waals surface area contributed by atoms with Gasteiger partial charge in [-0.15, -0.1) is 0 Å². The Morgan fingerprint density at radius 1 is 0.840 bits per heavy atom. The molecule has 2 nitrogen and oxygen atoms in total. The van der Waals surface area contributed by atoms with Crippen LogP contribution in [0.4, 0.5) is 5.69 Å². The van der Waals surface area contributed by atoms with E-state index in [0.717, 1.165) is 23.2 Å². The lowest BCUT2D eigenvalue weighted by molar-refractivity contribution is 0.102. The van der Waals surface area contributed by atoms with E-state index < -0.39 is 0 Å². The van der Waals surface area contributed by atoms with Gasteiger partial charge >= 0.3 is 0 Å². The maximum atomic E-state index is 12.8. The Bertz CT molecular complexity index is 822. The van der Waals surface area contributed by atoms with Crippen LogP contribution >= 0.6 is 0 Å². The number of hydrogen-bond acceptors (Lipinski definition) is 1. The molecule has 0 radical (unpaired) electrons. The van der Waals surface area contributed by atoms with Crippen LogP contribution in [0.15, 0.2) is 78.9 Å². The molecule has 0 fully saturated rings. The van der Waals surface area contributed by atoms with Gasteiger partial charge in [0.05, 0.1) is 0 Å². The Morgan fingerprint density at radius 3 is 2.24 bits per heavy atom. The summed E-state index contributed by atoms with van der Waals surface area (Å²) in [7, 11) is 0. The summed E-state index contributed by atoms with van der Waals surface area (Å²) in [6.45, 7) is 2.19. The fourth-order valence-corrected chi connectivity index (χ4v) is 2.88. The number of aryl methyl sites for hydroxylation is 1. The summed E-state index contributed by atoms with van der Waals surface area (Å²) in [5.74, 6) is -0.0826. The van der Waals surface area contributed by atoms with Crippen LogP contribution in [0.2, 0.25) is 0 Å². The Kier molecular flexibility index (Phi) is 5.63. The summed E-state index contributed by atoms with van der Waals surface area (Å²) >= 11 is 0. The average molecular weight is 329 g/mol. The van der Waals surface area contributed by atoms with Crippen LogP contribution in [0.25, 0.3) is 11.1 Å². The summed E-state index contributed by atoms with van der Waals surface area (Å²) in [5.41, 5.74) is 4.81. The Labute approximate surface area is 149 Å². The van der Waals surface area contributed by atoms with Crippen LogP contribution in [0.3, 0.4) is 0 Å². The van der Waals surface area contributed by atoms with Gasteiger partial charge < -0.3 is 5.32 Å². The Morgan fingerprint density at radius 2 is 1.52 bits per heavy atom. The first-order chi connectivity index (χ1) is 12.3. The van der Waals surface area contributed by atoms with E-state index in [1.54, 1.807) is 0 Å². The molecule has 2 heteroatoms. The van der Waals surface area contributed by atoms with Crippen molar-refractivity contribution in [1.29, 1.82) is 0 Å². The van der Waals surface area contributed by atoms with Crippen molar-refractivity contribution in [2.75, 3.05) is 5.32 Å². The first kappa shape index (κ1) is 17.0. The topological polar surface area (TPSA) is 29.1 Å². The highest BCUT2D eigenvalue weighted by Crippen LogP contribution is 2.24. The number of carbonyl (C=O) groups excluding carboxylic acids is 1. The third kappa shape index (κ3) is 4.36. The van der Waals surface area contributed by atoms with E-state index in [0.29, 0.717) is 5.56 Å². The van der Waals surface area contributed by atoms with Crippen molar-refractivity contribution in [2.24, 2.45) is 0 Å². The quantitative estimate of drug-likeness (QED) is 0.595. The molecule has 25 heavy (non-hydrogen) atoms. The summed E-state index contributed by atoms with van der Waals surface area (Å²) in [6.07, 6.45) is 3.46. The van der Waals surface area contributed by atoms with Crippen LogP contribution < -0.4 is 5.32 Å². The molecule has 0 bridgehead atoms. The zero-order valence-corrected chi connectivity index (χ0v) is 14.5. The molecule has 3 aromatic rings. The van der Waals surface area contributed by atoms with Gasteiger partial charge in [0, 0.05) is 11.3 Å². The summed E-state index contributed by atoms with van der Waals surface area (Å²) in [6, 6.07) is 25.8. The van der Waals surface area contributed by atoms with Crippen LogP contribution in [0.5, 0.6) is 0 Å². The van der Waals surface area contributed by atoms with E-state index in [1.165, 1.54) is 18.4 Å². The molecule has 0 atom stereocenters. The number of unbranched alkanes of at least 4 members (excludes halogenated alkanes) is 1. The smallest absolute Gasteiger partial charge is 0.256 e. The zero-order chi connectivity index (χ0) is 17.5. The molecule has 0 aliphatic rings. The molecule has 0 saturated heterocycles. The van der Waals surface area contributed by atoms with Gasteiger partial charge in [-0.1, -0.05) is 74.0 Å². The van der Waals surface area contributed by atoms with Gasteiger partial charge in [0.2, 0.25) is 0 Å². The lowest BCUT2D eigenvalue weighted by Crippen LogP contribution is -2.13. The molecule has 0 aliphatic carbocycles. The van der Waals surface area contributed by atoms with E-state index in [9.17, 15) is 4.79 Å². The summed E-state index contributed by atoms with van der Waals surface area (Å²) < 4.78 is 0. The minimum Gasteiger partial charge on any atom is -0.322 e. The van der Waals surface area contributed by atoms with Crippen molar-refractivity contribution in [2.45, 2.75) is 26.2 Å². The third-order valence-corrected chi connectivity index (χ3v) is 4.29. The Hall–Kier alpha value is -2.87. The van der Waals surface area contributed by atoms with Gasteiger partial charge in [0.25, 0.3) is 5.91 Å². The maximum absolute atomic E-state index is 12.8. The Balaban J connectivity index is 1.78. The first-order valence-electron chi connectivity index (χ1n) is 8.82. The van der Waals surface area contributed by atoms with E-state index in [4.69, 9.17) is 0 Å². The normalized spacial score (nSPS) is 10.4. The van der Waals surface area contributed by atoms with Gasteiger partial charge in [0.15, 0.2) is 0 Å². The van der Waals surface area contributed by atoms with Gasteiger partial charge in [0.1, 0.15) is 0 Å². The van der Waals surface area contributed by atoms with Crippen LogP contribution in [-0.2, 0) is 6.42 Å². The largest absolute Gasteiger partial charge is 0.322 e. The number of nitrogens with one attached hydrogen (secondary N) is 1. The van der Waals surface area contributed by atoms with Crippen LogP contribution in [-0.4, -0.2) is 5.91 Å². The lowest BCUT2D eigenvalue weighted by atomic mass is 9.99. The average Bonchev–Trinajstić information content (AvgIpc) is 2.68. The highest BCUT2D eigenvalue weighted by Gasteiger charge is 2.12. The van der Waals surface area contributed by atoms with E-state index in [1.807, 2.05) is 66.7 Å². The first-order valence-corrected chi connectivity index (χ1v) is 8.82. The molecule has 126 valence electrons. The molecule has 0 saturated carbocycles. The molecular weight excluding hydrogens is 306 g/mol. The summed E-state index contributed by atoms with van der Waals surface area (Å²) in [5, 5.41) is 3.01. The number of carbonyl (C=O) groups is 1. The molecular formula is C23H23NO. The molecule has 0 aromatic heterocycles. The predicted molar refractivity (Wildman–Crippen MR) is 105 cm³/mol. The van der Waals surface area contributed by atoms with Crippen LogP contribution in [0.1, 0.15) is 35.7 Å². The number of anilines is 1. The monoisotopic (exact) mass is 329 g/mol. The lowest BCUT2D eigenvalue weighted by Gasteiger charge is -2.11. The third-order valence-electron chi connectivity index (χ3n) is 4.29. The van der Waals surface area contributed by atoms with Crippen LogP contribution in [0, 0.1) is 0 Å². The number of benzene rings is 3. The van der Waals surface area contributed by atoms with Crippen molar-refractivity contribution in [3.05, 3.63) is 90.0 Å². The molecule has 0 unspecified atom stereocenters. The second-order valence-electron chi connectivity index (χ2n) is 6.17. The van der Waals surface area contributed by atoms with Crippen molar-refractivity contribution in [3.8, 4) is 11.1 Å². The van der Waals surface area contributed by atoms with Crippen molar-refractivity contribution >= 4 is 11.6 Å². The van der Waals surface area contributed by atoms with Gasteiger partial charge in [-0.25, -0.2) is 0 Å². The molecule has 1 amide bonds. The highest BCUT2D eigenvalue weighted by atomic mass is 16.1. The molecule has 3 rings (SSSR count). The second-order valence-corrected chi connectivity index (χ2v) is 6.17. The number of amides is 1. The molecule has 0 spiro atoms. The fraction of sp³-hybridized carbons (Fsp3) is 0.174. The van der Waals surface area contributed by atoms with E-state index in [2.05, 4.69) is 24.4 Å². The van der Waals surface area contributed by atoms with Crippen molar-refractivity contribution in [3.63, 3.8) is 0 Å². The second kappa shape index (κ2) is 8.29. The van der Waals surface area contributed by atoms with Gasteiger partial charge in [-0.05, 0) is 47.7 Å². The molecule has 0 aliphatic heterocycles. The van der Waals surface area contributed by atoms with Crippen molar-refractivity contribution in [1.82, 2.24) is 0 Å². The van der Waals surface area contributed by atoms with Gasteiger partial charge in [-0.2, -0.15) is 0 Å². The van der Waals surface area contributed by atoms with E-state index in [-0.39, 0.29) is 5.91 Å². The minimum atomic E-state index is -0.0826. The van der Waals surface area contributed by atoms with Gasteiger partial charge in [-0.3, -0.25) is 4.79 Å². The molecule has 1 N–H and O–H groups in total.